The number of hydrogen-bond acceptors (Lipinski definition) is 4. The molecule has 0 bridgehead atoms. The summed E-state index contributed by atoms with van der Waals surface area (Å²) in [5, 5.41) is 7.15. The lowest BCUT2D eigenvalue weighted by molar-refractivity contribution is 0.0965. The number of nitrogens with one attached hydrogen (secondary N) is 1. The van der Waals surface area contributed by atoms with Gasteiger partial charge in [-0.1, -0.05) is 6.07 Å². The third-order valence-electron chi connectivity index (χ3n) is 6.47. The van der Waals surface area contributed by atoms with E-state index in [2.05, 4.69) is 26.3 Å². The van der Waals surface area contributed by atoms with Crippen LogP contribution >= 0.6 is 15.9 Å². The van der Waals surface area contributed by atoms with Crippen LogP contribution in [-0.4, -0.2) is 37.2 Å². The summed E-state index contributed by atoms with van der Waals surface area (Å²) in [6, 6.07) is 9.86. The Bertz CT molecular complexity index is 1690. The number of anilines is 1. The van der Waals surface area contributed by atoms with E-state index in [4.69, 9.17) is 0 Å². The summed E-state index contributed by atoms with van der Waals surface area (Å²) in [6.07, 6.45) is 4.08. The van der Waals surface area contributed by atoms with Crippen LogP contribution < -0.4 is 9.62 Å². The highest BCUT2D eigenvalue weighted by Gasteiger charge is 2.33. The van der Waals surface area contributed by atoms with Crippen molar-refractivity contribution in [3.63, 3.8) is 0 Å². The minimum atomic E-state index is -3.96. The van der Waals surface area contributed by atoms with Gasteiger partial charge in [0.05, 0.1) is 40.2 Å². The second-order valence-electron chi connectivity index (χ2n) is 9.13. The average Bonchev–Trinajstić information content (AvgIpc) is 3.66. The van der Waals surface area contributed by atoms with Gasteiger partial charge >= 0.3 is 0 Å². The number of halogens is 4. The van der Waals surface area contributed by atoms with Gasteiger partial charge < -0.3 is 5.32 Å². The van der Waals surface area contributed by atoms with E-state index in [1.54, 1.807) is 6.07 Å². The van der Waals surface area contributed by atoms with Crippen molar-refractivity contribution < 1.29 is 26.4 Å². The SMILES string of the molecule is CNC(=O)c1c(-c2ccc(F)cc2)nn2cc(N(Cc3ccc(Br)c(F)c3F)S(C)(=O)=O)c(C3CC3)cc12. The quantitative estimate of drug-likeness (QED) is 0.286. The summed E-state index contributed by atoms with van der Waals surface area (Å²) in [4.78, 5) is 12.9. The van der Waals surface area contributed by atoms with Gasteiger partial charge in [-0.15, -0.1) is 0 Å². The topological polar surface area (TPSA) is 83.8 Å². The van der Waals surface area contributed by atoms with E-state index in [1.165, 1.54) is 54.2 Å². The molecule has 2 heterocycles. The first-order valence-corrected chi connectivity index (χ1v) is 14.3. The summed E-state index contributed by atoms with van der Waals surface area (Å²) >= 11 is 2.93. The molecule has 4 aromatic rings. The van der Waals surface area contributed by atoms with Crippen LogP contribution in [0.25, 0.3) is 16.8 Å². The second-order valence-corrected chi connectivity index (χ2v) is 11.9. The Kier molecular flexibility index (Phi) is 6.72. The van der Waals surface area contributed by atoms with Gasteiger partial charge in [0, 0.05) is 18.2 Å². The van der Waals surface area contributed by atoms with Crippen LogP contribution in [0.2, 0.25) is 0 Å². The van der Waals surface area contributed by atoms with Crippen LogP contribution in [0.3, 0.4) is 0 Å². The van der Waals surface area contributed by atoms with Gasteiger partial charge in [-0.05, 0) is 76.7 Å². The van der Waals surface area contributed by atoms with Crippen LogP contribution in [0.5, 0.6) is 0 Å². The largest absolute Gasteiger partial charge is 0.355 e. The molecule has 1 aliphatic rings. The van der Waals surface area contributed by atoms with Gasteiger partial charge in [-0.2, -0.15) is 5.10 Å². The molecule has 0 saturated heterocycles. The molecule has 0 spiro atoms. The van der Waals surface area contributed by atoms with E-state index in [0.29, 0.717) is 16.6 Å². The molecule has 38 heavy (non-hydrogen) atoms. The Morgan fingerprint density at radius 3 is 2.42 bits per heavy atom. The molecule has 1 amide bonds. The lowest BCUT2D eigenvalue weighted by Gasteiger charge is -2.25. The fraction of sp³-hybridized carbons (Fsp3) is 0.231. The zero-order chi connectivity index (χ0) is 27.4. The van der Waals surface area contributed by atoms with Crippen molar-refractivity contribution in [2.45, 2.75) is 25.3 Å². The first-order chi connectivity index (χ1) is 18.0. The summed E-state index contributed by atoms with van der Waals surface area (Å²) in [5.74, 6) is -3.10. The van der Waals surface area contributed by atoms with Gasteiger partial charge in [-0.25, -0.2) is 26.1 Å². The zero-order valence-electron chi connectivity index (χ0n) is 20.3. The highest BCUT2D eigenvalue weighted by Crippen LogP contribution is 2.46. The van der Waals surface area contributed by atoms with Gasteiger partial charge in [0.2, 0.25) is 10.0 Å². The second kappa shape index (κ2) is 9.73. The van der Waals surface area contributed by atoms with Crippen LogP contribution in [0.15, 0.2) is 53.1 Å². The summed E-state index contributed by atoms with van der Waals surface area (Å²) in [5.41, 5.74) is 2.23. The highest BCUT2D eigenvalue weighted by molar-refractivity contribution is 9.10. The maximum absolute atomic E-state index is 14.7. The monoisotopic (exact) mass is 606 g/mol. The van der Waals surface area contributed by atoms with Crippen LogP contribution in [0.1, 0.15) is 40.2 Å². The number of carbonyl (C=O) groups is 1. The van der Waals surface area contributed by atoms with E-state index in [1.807, 2.05) is 0 Å². The molecule has 0 atom stereocenters. The average molecular weight is 607 g/mol. The number of nitrogens with zero attached hydrogens (tertiary/aromatic N) is 3. The lowest BCUT2D eigenvalue weighted by atomic mass is 10.0. The molecule has 7 nitrogen and oxygen atoms in total. The maximum Gasteiger partial charge on any atom is 0.255 e. The molecular weight excluding hydrogens is 585 g/mol. The predicted molar refractivity (Wildman–Crippen MR) is 141 cm³/mol. The Balaban J connectivity index is 1.73. The van der Waals surface area contributed by atoms with Crippen LogP contribution in [0, 0.1) is 17.5 Å². The first-order valence-electron chi connectivity index (χ1n) is 11.6. The van der Waals surface area contributed by atoms with Crippen molar-refractivity contribution in [3.05, 3.63) is 87.3 Å². The fourth-order valence-electron chi connectivity index (χ4n) is 4.41. The maximum atomic E-state index is 14.7. The van der Waals surface area contributed by atoms with Gasteiger partial charge in [0.1, 0.15) is 11.5 Å². The van der Waals surface area contributed by atoms with Gasteiger partial charge in [-0.3, -0.25) is 9.10 Å². The van der Waals surface area contributed by atoms with Crippen molar-refractivity contribution >= 4 is 43.1 Å². The Labute approximate surface area is 225 Å². The van der Waals surface area contributed by atoms with E-state index >= 15 is 0 Å². The molecule has 0 unspecified atom stereocenters. The summed E-state index contributed by atoms with van der Waals surface area (Å²) < 4.78 is 70.8. The molecule has 12 heteroatoms. The molecule has 1 saturated carbocycles. The molecule has 0 aliphatic heterocycles. The number of hydrogen-bond donors (Lipinski definition) is 1. The van der Waals surface area contributed by atoms with Crippen molar-refractivity contribution in [2.24, 2.45) is 0 Å². The number of pyridine rings is 1. The third kappa shape index (κ3) is 4.78. The van der Waals surface area contributed by atoms with Gasteiger partial charge in [0.25, 0.3) is 5.91 Å². The number of amides is 1. The predicted octanol–water partition coefficient (Wildman–Crippen LogP) is 5.38. The standard InChI is InChI=1S/C26H22BrF3N4O3S/c1-31-26(35)22-20-11-18(14-3-4-14)21(13-33(20)32-25(22)15-5-8-17(28)9-6-15)34(38(2,36)37)12-16-7-10-19(27)24(30)23(16)29/h5-11,13-14H,3-4,12H2,1-2H3,(H,31,35). The summed E-state index contributed by atoms with van der Waals surface area (Å²) in [7, 11) is -2.48. The molecule has 2 aromatic heterocycles. The Morgan fingerprint density at radius 2 is 1.82 bits per heavy atom. The summed E-state index contributed by atoms with van der Waals surface area (Å²) in [6.45, 7) is -0.450. The minimum absolute atomic E-state index is 0.0208. The number of aromatic nitrogens is 2. The zero-order valence-corrected chi connectivity index (χ0v) is 22.7. The molecule has 0 radical (unpaired) electrons. The van der Waals surface area contributed by atoms with Crippen molar-refractivity contribution in [1.82, 2.24) is 14.9 Å². The normalized spacial score (nSPS) is 13.6. The third-order valence-corrected chi connectivity index (χ3v) is 8.21. The minimum Gasteiger partial charge on any atom is -0.355 e. The molecule has 1 fully saturated rings. The molecule has 1 N–H and O–H groups in total. The Morgan fingerprint density at radius 1 is 1.13 bits per heavy atom. The van der Waals surface area contributed by atoms with Crippen molar-refractivity contribution in [2.75, 3.05) is 17.6 Å². The van der Waals surface area contributed by atoms with E-state index < -0.39 is 39.9 Å². The van der Waals surface area contributed by atoms with Crippen LogP contribution in [-0.2, 0) is 16.6 Å². The Hall–Kier alpha value is -3.38. The van der Waals surface area contributed by atoms with Gasteiger partial charge in [0.15, 0.2) is 11.6 Å². The molecule has 198 valence electrons. The molecule has 5 rings (SSSR count). The molecule has 2 aromatic carbocycles. The van der Waals surface area contributed by atoms with E-state index in [0.717, 1.165) is 23.4 Å². The van der Waals surface area contributed by atoms with Crippen molar-refractivity contribution in [1.29, 1.82) is 0 Å². The number of fused-ring (bicyclic) bond motifs is 1. The lowest BCUT2D eigenvalue weighted by Crippen LogP contribution is -2.31. The first kappa shape index (κ1) is 26.2. The number of benzene rings is 2. The highest BCUT2D eigenvalue weighted by atomic mass is 79.9. The van der Waals surface area contributed by atoms with E-state index in [9.17, 15) is 26.4 Å². The molecular formula is C26H22BrF3N4O3S. The number of rotatable bonds is 7. The van der Waals surface area contributed by atoms with E-state index in [-0.39, 0.29) is 32.9 Å². The number of carbonyl (C=O) groups excluding carboxylic acids is 1. The number of sulfonamides is 1. The smallest absolute Gasteiger partial charge is 0.255 e. The molecule has 1 aliphatic carbocycles. The van der Waals surface area contributed by atoms with Crippen LogP contribution in [0.4, 0.5) is 18.9 Å². The fourth-order valence-corrected chi connectivity index (χ4v) is 5.60. The van der Waals surface area contributed by atoms with Crippen molar-refractivity contribution in [3.8, 4) is 11.3 Å².